The van der Waals surface area contributed by atoms with E-state index in [0.29, 0.717) is 18.5 Å². The van der Waals surface area contributed by atoms with E-state index in [-0.39, 0.29) is 5.56 Å². The average Bonchev–Trinajstić information content (AvgIpc) is 2.93. The van der Waals surface area contributed by atoms with E-state index >= 15 is 0 Å². The molecule has 2 aromatic heterocycles. The number of aromatic nitrogens is 2. The van der Waals surface area contributed by atoms with Gasteiger partial charge < -0.3 is 4.74 Å². The number of rotatable bonds is 4. The van der Waals surface area contributed by atoms with E-state index in [1.165, 1.54) is 11.3 Å². The van der Waals surface area contributed by atoms with Gasteiger partial charge in [-0.2, -0.15) is 0 Å². The highest BCUT2D eigenvalue weighted by atomic mass is 79.9. The van der Waals surface area contributed by atoms with Gasteiger partial charge in [0.25, 0.3) is 5.56 Å². The van der Waals surface area contributed by atoms with Crippen molar-refractivity contribution >= 4 is 37.5 Å². The first kappa shape index (κ1) is 13.3. The molecule has 0 N–H and O–H groups in total. The lowest BCUT2D eigenvalue weighted by Gasteiger charge is -2.08. The Labute approximate surface area is 127 Å². The number of hydrogen-bond donors (Lipinski definition) is 0. The van der Waals surface area contributed by atoms with Crippen molar-refractivity contribution in [3.63, 3.8) is 0 Å². The molecule has 1 aromatic carbocycles. The molecule has 20 heavy (non-hydrogen) atoms. The molecular formula is C14H11BrN2O2S. The Morgan fingerprint density at radius 2 is 2.05 bits per heavy atom. The average molecular weight is 351 g/mol. The van der Waals surface area contributed by atoms with Gasteiger partial charge in [0, 0.05) is 4.47 Å². The number of nitrogens with zero attached hydrogens (tertiary/aromatic N) is 2. The summed E-state index contributed by atoms with van der Waals surface area (Å²) < 4.78 is 8.19. The summed E-state index contributed by atoms with van der Waals surface area (Å²) in [4.78, 5) is 17.2. The molecule has 0 spiro atoms. The van der Waals surface area contributed by atoms with E-state index < -0.39 is 0 Å². The quantitative estimate of drug-likeness (QED) is 0.725. The third kappa shape index (κ3) is 2.76. The number of ether oxygens (including phenoxy) is 1. The molecule has 0 radical (unpaired) electrons. The molecule has 3 rings (SSSR count). The lowest BCUT2D eigenvalue weighted by atomic mass is 10.3. The summed E-state index contributed by atoms with van der Waals surface area (Å²) in [5.74, 6) is 0.783. The van der Waals surface area contributed by atoms with Gasteiger partial charge in [0.2, 0.25) is 0 Å². The second-order valence-corrected chi connectivity index (χ2v) is 6.00. The zero-order valence-corrected chi connectivity index (χ0v) is 12.9. The maximum Gasteiger partial charge on any atom is 0.262 e. The topological polar surface area (TPSA) is 44.1 Å². The fourth-order valence-corrected chi connectivity index (χ4v) is 2.83. The molecular weight excluding hydrogens is 340 g/mol. The zero-order valence-electron chi connectivity index (χ0n) is 10.5. The monoisotopic (exact) mass is 350 g/mol. The molecule has 0 bridgehead atoms. The number of fused-ring (bicyclic) bond motifs is 1. The minimum Gasteiger partial charge on any atom is -0.492 e. The van der Waals surface area contributed by atoms with Crippen LogP contribution in [-0.4, -0.2) is 16.2 Å². The van der Waals surface area contributed by atoms with E-state index in [4.69, 9.17) is 4.74 Å². The van der Waals surface area contributed by atoms with Gasteiger partial charge in [-0.3, -0.25) is 9.36 Å². The second-order valence-electron chi connectivity index (χ2n) is 4.18. The maximum absolute atomic E-state index is 12.1. The van der Waals surface area contributed by atoms with Crippen molar-refractivity contribution in [2.75, 3.05) is 6.61 Å². The first-order chi connectivity index (χ1) is 9.74. The molecule has 0 aliphatic rings. The van der Waals surface area contributed by atoms with Gasteiger partial charge in [0.05, 0.1) is 18.3 Å². The summed E-state index contributed by atoms with van der Waals surface area (Å²) in [5, 5.41) is 2.54. The standard InChI is InChI=1S/C14H11BrN2O2S/c15-10-1-3-11(4-2-10)19-7-6-17-9-16-13-12(14(17)18)5-8-20-13/h1-5,8-9H,6-7H2. The summed E-state index contributed by atoms with van der Waals surface area (Å²) in [7, 11) is 0. The molecule has 2 heterocycles. The second kappa shape index (κ2) is 5.76. The van der Waals surface area contributed by atoms with Gasteiger partial charge in [0.15, 0.2) is 0 Å². The zero-order chi connectivity index (χ0) is 13.9. The molecule has 0 aliphatic heterocycles. The highest BCUT2D eigenvalue weighted by Crippen LogP contribution is 2.16. The Bertz CT molecular complexity index is 780. The fraction of sp³-hybridized carbons (Fsp3) is 0.143. The molecule has 102 valence electrons. The molecule has 0 saturated heterocycles. The van der Waals surface area contributed by atoms with Crippen molar-refractivity contribution in [1.29, 1.82) is 0 Å². The summed E-state index contributed by atoms with van der Waals surface area (Å²) in [6.45, 7) is 0.909. The Morgan fingerprint density at radius 3 is 2.85 bits per heavy atom. The van der Waals surface area contributed by atoms with E-state index in [1.807, 2.05) is 29.6 Å². The largest absolute Gasteiger partial charge is 0.492 e. The Kier molecular flexibility index (Phi) is 3.84. The van der Waals surface area contributed by atoms with Gasteiger partial charge in [-0.05, 0) is 35.7 Å². The third-order valence-electron chi connectivity index (χ3n) is 2.86. The van der Waals surface area contributed by atoms with Crippen LogP contribution in [0.2, 0.25) is 0 Å². The smallest absolute Gasteiger partial charge is 0.262 e. The van der Waals surface area contributed by atoms with Crippen LogP contribution in [0.3, 0.4) is 0 Å². The van der Waals surface area contributed by atoms with Crippen molar-refractivity contribution in [3.8, 4) is 5.75 Å². The van der Waals surface area contributed by atoms with Gasteiger partial charge in [-0.1, -0.05) is 15.9 Å². The minimum atomic E-state index is -0.0179. The van der Waals surface area contributed by atoms with Crippen LogP contribution in [-0.2, 0) is 6.54 Å². The van der Waals surface area contributed by atoms with Crippen LogP contribution in [0.15, 0.2) is 51.3 Å². The highest BCUT2D eigenvalue weighted by Gasteiger charge is 2.04. The molecule has 0 amide bonds. The molecule has 3 aromatic rings. The summed E-state index contributed by atoms with van der Waals surface area (Å²) in [6, 6.07) is 9.41. The Morgan fingerprint density at radius 1 is 1.25 bits per heavy atom. The number of hydrogen-bond acceptors (Lipinski definition) is 4. The summed E-state index contributed by atoms with van der Waals surface area (Å²) in [5.41, 5.74) is -0.0179. The predicted octanol–water partition coefficient (Wildman–Crippen LogP) is 3.30. The van der Waals surface area contributed by atoms with Crippen LogP contribution in [0.25, 0.3) is 10.2 Å². The van der Waals surface area contributed by atoms with Crippen molar-refractivity contribution < 1.29 is 4.74 Å². The Balaban J connectivity index is 1.69. The lowest BCUT2D eigenvalue weighted by Crippen LogP contribution is -2.23. The number of halogens is 1. The minimum absolute atomic E-state index is 0.0179. The van der Waals surface area contributed by atoms with Crippen molar-refractivity contribution in [2.45, 2.75) is 6.54 Å². The normalized spacial score (nSPS) is 10.8. The molecule has 6 heteroatoms. The van der Waals surface area contributed by atoms with E-state index in [1.54, 1.807) is 17.0 Å². The van der Waals surface area contributed by atoms with E-state index in [9.17, 15) is 4.79 Å². The summed E-state index contributed by atoms with van der Waals surface area (Å²) >= 11 is 4.84. The van der Waals surface area contributed by atoms with Crippen LogP contribution in [0.1, 0.15) is 0 Å². The molecule has 0 atom stereocenters. The van der Waals surface area contributed by atoms with Gasteiger partial charge in [-0.15, -0.1) is 11.3 Å². The molecule has 0 aliphatic carbocycles. The molecule has 0 unspecified atom stereocenters. The molecule has 4 nitrogen and oxygen atoms in total. The van der Waals surface area contributed by atoms with Crippen molar-refractivity contribution in [3.05, 3.63) is 56.9 Å². The third-order valence-corrected chi connectivity index (χ3v) is 4.21. The lowest BCUT2D eigenvalue weighted by molar-refractivity contribution is 0.296. The van der Waals surface area contributed by atoms with Gasteiger partial charge in [0.1, 0.15) is 17.2 Å². The van der Waals surface area contributed by atoms with Crippen molar-refractivity contribution in [1.82, 2.24) is 9.55 Å². The first-order valence-corrected chi connectivity index (χ1v) is 7.72. The fourth-order valence-electron chi connectivity index (χ4n) is 1.85. The Hall–Kier alpha value is -1.66. The van der Waals surface area contributed by atoms with Crippen molar-refractivity contribution in [2.24, 2.45) is 0 Å². The van der Waals surface area contributed by atoms with Gasteiger partial charge in [-0.25, -0.2) is 4.98 Å². The van der Waals surface area contributed by atoms with Crippen LogP contribution in [0.5, 0.6) is 5.75 Å². The SMILES string of the molecule is O=c1c2ccsc2ncn1CCOc1ccc(Br)cc1. The van der Waals surface area contributed by atoms with E-state index in [0.717, 1.165) is 15.1 Å². The van der Waals surface area contributed by atoms with Crippen LogP contribution in [0, 0.1) is 0 Å². The van der Waals surface area contributed by atoms with E-state index in [2.05, 4.69) is 20.9 Å². The molecule has 0 saturated carbocycles. The number of thiophene rings is 1. The van der Waals surface area contributed by atoms with Crippen LogP contribution < -0.4 is 10.3 Å². The first-order valence-electron chi connectivity index (χ1n) is 6.05. The van der Waals surface area contributed by atoms with Crippen LogP contribution >= 0.6 is 27.3 Å². The highest BCUT2D eigenvalue weighted by molar-refractivity contribution is 9.10. The summed E-state index contributed by atoms with van der Waals surface area (Å²) in [6.07, 6.45) is 1.58. The maximum atomic E-state index is 12.1. The number of benzene rings is 1. The van der Waals surface area contributed by atoms with Gasteiger partial charge >= 0.3 is 0 Å². The predicted molar refractivity (Wildman–Crippen MR) is 83.5 cm³/mol. The van der Waals surface area contributed by atoms with Crippen LogP contribution in [0.4, 0.5) is 0 Å². The molecule has 0 fully saturated rings.